The Morgan fingerprint density at radius 2 is 2.18 bits per heavy atom. The van der Waals surface area contributed by atoms with E-state index < -0.39 is 0 Å². The summed E-state index contributed by atoms with van der Waals surface area (Å²) < 4.78 is 0. The lowest BCUT2D eigenvalue weighted by Gasteiger charge is -2.31. The van der Waals surface area contributed by atoms with Crippen molar-refractivity contribution in [3.8, 4) is 6.07 Å². The molecule has 0 N–H and O–H groups in total. The molecule has 0 aromatic heterocycles. The van der Waals surface area contributed by atoms with Gasteiger partial charge in [-0.1, -0.05) is 18.2 Å². The molecule has 1 heterocycles. The maximum absolute atomic E-state index is 12.4. The summed E-state index contributed by atoms with van der Waals surface area (Å²) in [5.74, 6) is -0.00523. The number of benzene rings is 1. The van der Waals surface area contributed by atoms with Crippen molar-refractivity contribution in [3.63, 3.8) is 0 Å². The predicted molar refractivity (Wildman–Crippen MR) is 65.5 cm³/mol. The maximum Gasteiger partial charge on any atom is 0.255 e. The van der Waals surface area contributed by atoms with E-state index in [4.69, 9.17) is 5.26 Å². The van der Waals surface area contributed by atoms with Crippen LogP contribution in [0, 0.1) is 18.3 Å². The molecule has 0 radical (unpaired) electrons. The first kappa shape index (κ1) is 11.7. The van der Waals surface area contributed by atoms with E-state index in [0.717, 1.165) is 30.4 Å². The Morgan fingerprint density at radius 3 is 2.88 bits per heavy atom. The fraction of sp³-hybridized carbons (Fsp3) is 0.429. The largest absolute Gasteiger partial charge is 0.323 e. The molecule has 0 saturated carbocycles. The molecule has 1 amide bonds. The summed E-state index contributed by atoms with van der Waals surface area (Å²) in [6.07, 6.45) is 2.83. The van der Waals surface area contributed by atoms with Crippen LogP contribution in [0.15, 0.2) is 24.3 Å². The topological polar surface area (TPSA) is 44.1 Å². The molecule has 1 aliphatic rings. The Kier molecular flexibility index (Phi) is 3.43. The summed E-state index contributed by atoms with van der Waals surface area (Å²) in [6, 6.07) is 9.53. The van der Waals surface area contributed by atoms with E-state index in [-0.39, 0.29) is 11.9 Å². The number of nitriles is 1. The van der Waals surface area contributed by atoms with Gasteiger partial charge in [-0.15, -0.1) is 0 Å². The van der Waals surface area contributed by atoms with E-state index >= 15 is 0 Å². The van der Waals surface area contributed by atoms with Gasteiger partial charge in [0.15, 0.2) is 0 Å². The zero-order chi connectivity index (χ0) is 12.3. The van der Waals surface area contributed by atoms with Crippen molar-refractivity contribution >= 4 is 5.91 Å². The molecular formula is C14H16N2O. The van der Waals surface area contributed by atoms with E-state index in [2.05, 4.69) is 6.07 Å². The molecule has 17 heavy (non-hydrogen) atoms. The second-order valence-electron chi connectivity index (χ2n) is 4.45. The Balaban J connectivity index is 2.25. The zero-order valence-electron chi connectivity index (χ0n) is 10.0. The molecular weight excluding hydrogens is 212 g/mol. The molecule has 1 atom stereocenters. The third-order valence-electron chi connectivity index (χ3n) is 3.29. The number of piperidine rings is 1. The van der Waals surface area contributed by atoms with Crippen LogP contribution < -0.4 is 0 Å². The second-order valence-corrected chi connectivity index (χ2v) is 4.45. The van der Waals surface area contributed by atoms with E-state index in [1.807, 2.05) is 31.2 Å². The number of hydrogen-bond donors (Lipinski definition) is 0. The molecule has 3 nitrogen and oxygen atoms in total. The van der Waals surface area contributed by atoms with Crippen LogP contribution in [0.3, 0.4) is 0 Å². The van der Waals surface area contributed by atoms with Gasteiger partial charge in [-0.2, -0.15) is 5.26 Å². The Labute approximate surface area is 102 Å². The van der Waals surface area contributed by atoms with Crippen LogP contribution in [0.2, 0.25) is 0 Å². The highest BCUT2D eigenvalue weighted by Crippen LogP contribution is 2.20. The van der Waals surface area contributed by atoms with E-state index in [1.54, 1.807) is 4.90 Å². The van der Waals surface area contributed by atoms with Gasteiger partial charge in [-0.25, -0.2) is 0 Å². The molecule has 2 rings (SSSR count). The van der Waals surface area contributed by atoms with Crippen molar-refractivity contribution in [2.75, 3.05) is 6.54 Å². The van der Waals surface area contributed by atoms with Crippen molar-refractivity contribution in [3.05, 3.63) is 35.4 Å². The van der Waals surface area contributed by atoms with Crippen molar-refractivity contribution in [2.24, 2.45) is 0 Å². The summed E-state index contributed by atoms with van der Waals surface area (Å²) in [6.45, 7) is 2.63. The number of likely N-dealkylation sites (tertiary alicyclic amines) is 1. The number of rotatable bonds is 1. The maximum atomic E-state index is 12.4. The van der Waals surface area contributed by atoms with Crippen molar-refractivity contribution < 1.29 is 4.79 Å². The van der Waals surface area contributed by atoms with Crippen molar-refractivity contribution in [1.82, 2.24) is 4.90 Å². The van der Waals surface area contributed by atoms with E-state index in [1.165, 1.54) is 0 Å². The lowest BCUT2D eigenvalue weighted by molar-refractivity contribution is 0.0670. The van der Waals surface area contributed by atoms with Crippen molar-refractivity contribution in [1.29, 1.82) is 5.26 Å². The summed E-state index contributed by atoms with van der Waals surface area (Å²) >= 11 is 0. The van der Waals surface area contributed by atoms with Crippen LogP contribution in [-0.4, -0.2) is 23.4 Å². The minimum Gasteiger partial charge on any atom is -0.323 e. The lowest BCUT2D eigenvalue weighted by atomic mass is 10.0. The third-order valence-corrected chi connectivity index (χ3v) is 3.29. The first-order chi connectivity index (χ1) is 8.24. The Bertz CT molecular complexity index is 462. The summed E-state index contributed by atoms with van der Waals surface area (Å²) in [5, 5.41) is 9.08. The van der Waals surface area contributed by atoms with E-state index in [9.17, 15) is 4.79 Å². The summed E-state index contributed by atoms with van der Waals surface area (Å²) in [4.78, 5) is 14.1. The van der Waals surface area contributed by atoms with Crippen LogP contribution in [0.4, 0.5) is 0 Å². The first-order valence-electron chi connectivity index (χ1n) is 6.00. The van der Waals surface area contributed by atoms with Crippen LogP contribution in [-0.2, 0) is 0 Å². The Morgan fingerprint density at radius 1 is 1.41 bits per heavy atom. The first-order valence-corrected chi connectivity index (χ1v) is 6.00. The van der Waals surface area contributed by atoms with Crippen LogP contribution in [0.5, 0.6) is 0 Å². The normalized spacial score (nSPS) is 19.8. The zero-order valence-corrected chi connectivity index (χ0v) is 10.0. The quantitative estimate of drug-likeness (QED) is 0.741. The summed E-state index contributed by atoms with van der Waals surface area (Å²) in [5.41, 5.74) is 1.69. The monoisotopic (exact) mass is 228 g/mol. The van der Waals surface area contributed by atoms with Crippen LogP contribution >= 0.6 is 0 Å². The van der Waals surface area contributed by atoms with Gasteiger partial charge in [0.1, 0.15) is 6.04 Å². The van der Waals surface area contributed by atoms with Gasteiger partial charge in [-0.3, -0.25) is 4.79 Å². The number of carbonyl (C=O) groups is 1. The minimum absolute atomic E-state index is 0.00523. The lowest BCUT2D eigenvalue weighted by Crippen LogP contribution is -2.43. The average molecular weight is 228 g/mol. The number of amides is 1. The number of aryl methyl sites for hydroxylation is 1. The van der Waals surface area contributed by atoms with Gasteiger partial charge in [-0.05, 0) is 37.8 Å². The highest BCUT2D eigenvalue weighted by atomic mass is 16.2. The van der Waals surface area contributed by atoms with Gasteiger partial charge in [0, 0.05) is 12.1 Å². The minimum atomic E-state index is -0.254. The molecule has 3 heteroatoms. The van der Waals surface area contributed by atoms with Gasteiger partial charge in [0.2, 0.25) is 0 Å². The van der Waals surface area contributed by atoms with Gasteiger partial charge < -0.3 is 4.90 Å². The summed E-state index contributed by atoms with van der Waals surface area (Å²) in [7, 11) is 0. The smallest absolute Gasteiger partial charge is 0.255 e. The molecule has 1 aromatic carbocycles. The molecule has 1 aliphatic heterocycles. The standard InChI is InChI=1S/C14H16N2O/c1-11-6-2-3-8-13(11)14(17)16-9-5-4-7-12(16)10-15/h2-3,6,8,12H,4-5,7,9H2,1H3. The molecule has 0 aliphatic carbocycles. The average Bonchev–Trinajstić information content (AvgIpc) is 2.38. The molecule has 1 unspecified atom stereocenters. The number of nitrogens with zero attached hydrogens (tertiary/aromatic N) is 2. The van der Waals surface area contributed by atoms with Crippen molar-refractivity contribution in [2.45, 2.75) is 32.2 Å². The molecule has 1 aromatic rings. The second kappa shape index (κ2) is 5.01. The molecule has 88 valence electrons. The predicted octanol–water partition coefficient (Wildman–Crippen LogP) is 2.51. The van der Waals surface area contributed by atoms with Crippen LogP contribution in [0.1, 0.15) is 35.2 Å². The highest BCUT2D eigenvalue weighted by Gasteiger charge is 2.27. The van der Waals surface area contributed by atoms with Gasteiger partial charge in [0.25, 0.3) is 5.91 Å². The van der Waals surface area contributed by atoms with Gasteiger partial charge in [0.05, 0.1) is 6.07 Å². The van der Waals surface area contributed by atoms with Crippen LogP contribution in [0.25, 0.3) is 0 Å². The molecule has 0 spiro atoms. The number of carbonyl (C=O) groups excluding carboxylic acids is 1. The SMILES string of the molecule is Cc1ccccc1C(=O)N1CCCCC1C#N. The molecule has 0 bridgehead atoms. The third kappa shape index (κ3) is 2.31. The molecule has 1 saturated heterocycles. The fourth-order valence-electron chi connectivity index (χ4n) is 2.28. The Hall–Kier alpha value is -1.82. The number of hydrogen-bond acceptors (Lipinski definition) is 2. The highest BCUT2D eigenvalue weighted by molar-refractivity contribution is 5.96. The van der Waals surface area contributed by atoms with E-state index in [0.29, 0.717) is 6.54 Å². The van der Waals surface area contributed by atoms with Gasteiger partial charge >= 0.3 is 0 Å². The molecule has 1 fully saturated rings. The fourth-order valence-corrected chi connectivity index (χ4v) is 2.28.